The second-order valence-corrected chi connectivity index (χ2v) is 3.65. The molecular weight excluding hydrogens is 238 g/mol. The second-order valence-electron chi connectivity index (χ2n) is 3.65. The van der Waals surface area contributed by atoms with E-state index >= 15 is 0 Å². The van der Waals surface area contributed by atoms with E-state index in [0.29, 0.717) is 0 Å². The fraction of sp³-hybridized carbons (Fsp3) is 0.533. The lowest BCUT2D eigenvalue weighted by molar-refractivity contribution is 0.121. The lowest BCUT2D eigenvalue weighted by Crippen LogP contribution is -2.29. The SMILES string of the molecule is CC.CC.COC1C=C(c2cnn(C)c2)C=C(C)N1. The summed E-state index contributed by atoms with van der Waals surface area (Å²) in [5, 5.41) is 7.36. The summed E-state index contributed by atoms with van der Waals surface area (Å²) in [5.74, 6) is 0. The van der Waals surface area contributed by atoms with Gasteiger partial charge in [0.15, 0.2) is 0 Å². The smallest absolute Gasteiger partial charge is 0.147 e. The van der Waals surface area contributed by atoms with E-state index in [0.717, 1.165) is 16.8 Å². The highest BCUT2D eigenvalue weighted by atomic mass is 16.5. The van der Waals surface area contributed by atoms with Gasteiger partial charge in [-0.3, -0.25) is 4.68 Å². The Hall–Kier alpha value is -1.55. The maximum Gasteiger partial charge on any atom is 0.147 e. The van der Waals surface area contributed by atoms with Crippen molar-refractivity contribution in [3.63, 3.8) is 0 Å². The molecule has 0 aliphatic carbocycles. The van der Waals surface area contributed by atoms with Gasteiger partial charge in [-0.2, -0.15) is 5.10 Å². The Kier molecular flexibility index (Phi) is 8.62. The molecule has 0 saturated heterocycles. The molecule has 1 atom stereocenters. The second kappa shape index (κ2) is 9.39. The van der Waals surface area contributed by atoms with E-state index in [1.807, 2.05) is 60.1 Å². The molecule has 2 heterocycles. The molecule has 108 valence electrons. The summed E-state index contributed by atoms with van der Waals surface area (Å²) in [6, 6.07) is 0. The van der Waals surface area contributed by atoms with Crippen molar-refractivity contribution in [2.45, 2.75) is 40.8 Å². The van der Waals surface area contributed by atoms with E-state index in [1.54, 1.807) is 11.8 Å². The van der Waals surface area contributed by atoms with Crippen molar-refractivity contribution in [3.05, 3.63) is 35.8 Å². The Morgan fingerprint density at radius 3 is 2.37 bits per heavy atom. The van der Waals surface area contributed by atoms with Gasteiger partial charge in [0.05, 0.1) is 6.20 Å². The summed E-state index contributed by atoms with van der Waals surface area (Å²) in [5.41, 5.74) is 3.36. The minimum Gasteiger partial charge on any atom is -0.360 e. The molecule has 0 aromatic carbocycles. The maximum absolute atomic E-state index is 5.26. The zero-order valence-electron chi connectivity index (χ0n) is 13.2. The number of hydrogen-bond donors (Lipinski definition) is 1. The molecule has 1 unspecified atom stereocenters. The van der Waals surface area contributed by atoms with Crippen LogP contribution in [0.15, 0.2) is 30.2 Å². The third-order valence-corrected chi connectivity index (χ3v) is 2.37. The van der Waals surface area contributed by atoms with E-state index in [-0.39, 0.29) is 6.23 Å². The summed E-state index contributed by atoms with van der Waals surface area (Å²) < 4.78 is 7.06. The normalized spacial score (nSPS) is 16.9. The molecule has 0 saturated carbocycles. The van der Waals surface area contributed by atoms with Crippen LogP contribution in [-0.2, 0) is 11.8 Å². The predicted molar refractivity (Wildman–Crippen MR) is 81.6 cm³/mol. The number of aryl methyl sites for hydroxylation is 1. The first-order chi connectivity index (χ1) is 9.19. The number of aromatic nitrogens is 2. The molecule has 1 aromatic rings. The van der Waals surface area contributed by atoms with Gasteiger partial charge in [0.25, 0.3) is 0 Å². The van der Waals surface area contributed by atoms with E-state index in [1.165, 1.54) is 0 Å². The molecule has 0 bridgehead atoms. The number of hydrogen-bond acceptors (Lipinski definition) is 3. The summed E-state index contributed by atoms with van der Waals surface area (Å²) >= 11 is 0. The Bertz CT molecular complexity index is 419. The monoisotopic (exact) mass is 265 g/mol. The average molecular weight is 265 g/mol. The van der Waals surface area contributed by atoms with Crippen molar-refractivity contribution in [2.24, 2.45) is 7.05 Å². The first-order valence-corrected chi connectivity index (χ1v) is 6.87. The molecule has 1 aliphatic heterocycles. The van der Waals surface area contributed by atoms with Crippen LogP contribution in [0.2, 0.25) is 0 Å². The highest BCUT2D eigenvalue weighted by Gasteiger charge is 2.12. The van der Waals surface area contributed by atoms with Crippen LogP contribution in [-0.4, -0.2) is 23.1 Å². The van der Waals surface area contributed by atoms with Gasteiger partial charge in [0, 0.05) is 31.6 Å². The van der Waals surface area contributed by atoms with Crippen LogP contribution in [0.1, 0.15) is 40.2 Å². The summed E-state index contributed by atoms with van der Waals surface area (Å²) in [6.07, 6.45) is 7.93. The van der Waals surface area contributed by atoms with Crippen LogP contribution in [0.4, 0.5) is 0 Å². The molecule has 2 rings (SSSR count). The molecule has 19 heavy (non-hydrogen) atoms. The van der Waals surface area contributed by atoms with Crippen molar-refractivity contribution in [1.82, 2.24) is 15.1 Å². The zero-order chi connectivity index (χ0) is 14.8. The Labute approximate surface area is 117 Å². The average Bonchev–Trinajstić information content (AvgIpc) is 2.89. The van der Waals surface area contributed by atoms with E-state index in [9.17, 15) is 0 Å². The van der Waals surface area contributed by atoms with Gasteiger partial charge in [-0.25, -0.2) is 0 Å². The van der Waals surface area contributed by atoms with Crippen LogP contribution in [0.5, 0.6) is 0 Å². The number of methoxy groups -OCH3 is 1. The molecule has 1 N–H and O–H groups in total. The number of nitrogens with one attached hydrogen (secondary N) is 1. The largest absolute Gasteiger partial charge is 0.360 e. The minimum atomic E-state index is -0.0507. The van der Waals surface area contributed by atoms with Crippen molar-refractivity contribution in [2.75, 3.05) is 7.11 Å². The van der Waals surface area contributed by atoms with Gasteiger partial charge in [-0.15, -0.1) is 0 Å². The number of allylic oxidation sites excluding steroid dienone is 3. The number of ether oxygens (including phenoxy) is 1. The molecule has 1 aromatic heterocycles. The molecule has 4 nitrogen and oxygen atoms in total. The summed E-state index contributed by atoms with van der Waals surface area (Å²) in [6.45, 7) is 10.0. The van der Waals surface area contributed by atoms with Gasteiger partial charge in [0.1, 0.15) is 6.23 Å². The van der Waals surface area contributed by atoms with Crippen LogP contribution >= 0.6 is 0 Å². The van der Waals surface area contributed by atoms with Crippen molar-refractivity contribution in [3.8, 4) is 0 Å². The Morgan fingerprint density at radius 1 is 1.26 bits per heavy atom. The van der Waals surface area contributed by atoms with Crippen molar-refractivity contribution in [1.29, 1.82) is 0 Å². The zero-order valence-corrected chi connectivity index (χ0v) is 13.2. The fourth-order valence-electron chi connectivity index (χ4n) is 1.63. The van der Waals surface area contributed by atoms with Crippen molar-refractivity contribution >= 4 is 5.57 Å². The third kappa shape index (κ3) is 5.30. The predicted octanol–water partition coefficient (Wildman–Crippen LogP) is 3.34. The van der Waals surface area contributed by atoms with E-state index in [4.69, 9.17) is 4.74 Å². The van der Waals surface area contributed by atoms with Crippen LogP contribution < -0.4 is 5.32 Å². The first kappa shape index (κ1) is 17.4. The van der Waals surface area contributed by atoms with Gasteiger partial charge in [-0.1, -0.05) is 27.7 Å². The molecule has 0 fully saturated rings. The molecule has 0 radical (unpaired) electrons. The number of rotatable bonds is 2. The summed E-state index contributed by atoms with van der Waals surface area (Å²) in [7, 11) is 3.60. The standard InChI is InChI=1S/C11H15N3O.2C2H6/c1-8-4-9(5-11(13-8)15-3)10-6-12-14(2)7-10;2*1-2/h4-7,11,13H,1-3H3;2*1-2H3. The maximum atomic E-state index is 5.26. The quantitative estimate of drug-likeness (QED) is 0.891. The van der Waals surface area contributed by atoms with Crippen LogP contribution in [0, 0.1) is 0 Å². The van der Waals surface area contributed by atoms with Crippen LogP contribution in [0.3, 0.4) is 0 Å². The Morgan fingerprint density at radius 2 is 1.89 bits per heavy atom. The number of nitrogens with zero attached hydrogens (tertiary/aromatic N) is 2. The minimum absolute atomic E-state index is 0.0507. The van der Waals surface area contributed by atoms with Crippen molar-refractivity contribution < 1.29 is 4.74 Å². The topological polar surface area (TPSA) is 39.1 Å². The lowest BCUT2D eigenvalue weighted by atomic mass is 10.1. The van der Waals surface area contributed by atoms with E-state index in [2.05, 4.69) is 16.5 Å². The molecule has 0 spiro atoms. The lowest BCUT2D eigenvalue weighted by Gasteiger charge is -2.20. The van der Waals surface area contributed by atoms with Crippen LogP contribution in [0.25, 0.3) is 5.57 Å². The summed E-state index contributed by atoms with van der Waals surface area (Å²) in [4.78, 5) is 0. The molecular formula is C15H27N3O. The van der Waals surface area contributed by atoms with Gasteiger partial charge in [0.2, 0.25) is 0 Å². The fourth-order valence-corrected chi connectivity index (χ4v) is 1.63. The van der Waals surface area contributed by atoms with Gasteiger partial charge >= 0.3 is 0 Å². The molecule has 4 heteroatoms. The molecule has 1 aliphatic rings. The molecule has 0 amide bonds. The number of dihydropyridines is 1. The first-order valence-electron chi connectivity index (χ1n) is 6.87. The third-order valence-electron chi connectivity index (χ3n) is 2.37. The van der Waals surface area contributed by atoms with Gasteiger partial charge < -0.3 is 10.1 Å². The van der Waals surface area contributed by atoms with E-state index < -0.39 is 0 Å². The Balaban J connectivity index is 0.000000741. The highest BCUT2D eigenvalue weighted by molar-refractivity contribution is 5.75. The van der Waals surface area contributed by atoms with Gasteiger partial charge in [-0.05, 0) is 24.6 Å². The highest BCUT2D eigenvalue weighted by Crippen LogP contribution is 2.20.